The van der Waals surface area contributed by atoms with Gasteiger partial charge in [0.05, 0.1) is 0 Å². The summed E-state index contributed by atoms with van der Waals surface area (Å²) in [5.41, 5.74) is 6.11. The highest BCUT2D eigenvalue weighted by Gasteiger charge is 2.24. The Morgan fingerprint density at radius 1 is 1.46 bits per heavy atom. The Morgan fingerprint density at radius 2 is 2.00 bits per heavy atom. The lowest BCUT2D eigenvalue weighted by atomic mass is 9.91. The molecule has 1 heterocycles. The van der Waals surface area contributed by atoms with Crippen LogP contribution in [-0.4, -0.2) is 30.1 Å². The number of hydrogen-bond acceptors (Lipinski definition) is 2. The maximum Gasteiger partial charge on any atom is 0.0150 e. The molecule has 0 bridgehead atoms. The summed E-state index contributed by atoms with van der Waals surface area (Å²) in [5.74, 6) is 0. The first-order valence-corrected chi connectivity index (χ1v) is 4.76. The zero-order valence-electron chi connectivity index (χ0n) is 8.46. The lowest BCUT2D eigenvalue weighted by Crippen LogP contribution is -2.48. The molecule has 0 amide bonds. The third kappa shape index (κ3) is 4.65. The van der Waals surface area contributed by atoms with Crippen molar-refractivity contribution in [2.24, 2.45) is 5.73 Å². The molecule has 0 aliphatic carbocycles. The molecule has 0 atom stereocenters. The van der Waals surface area contributed by atoms with E-state index in [-0.39, 0.29) is 17.9 Å². The van der Waals surface area contributed by atoms with Crippen molar-refractivity contribution in [3.05, 3.63) is 12.7 Å². The molecule has 0 aromatic heterocycles. The van der Waals surface area contributed by atoms with Gasteiger partial charge in [0.1, 0.15) is 0 Å². The van der Waals surface area contributed by atoms with Crippen molar-refractivity contribution >= 4 is 12.4 Å². The molecular weight excluding hydrogens is 184 g/mol. The van der Waals surface area contributed by atoms with E-state index in [0.717, 1.165) is 38.9 Å². The second-order valence-electron chi connectivity index (χ2n) is 4.07. The second kappa shape index (κ2) is 5.63. The summed E-state index contributed by atoms with van der Waals surface area (Å²) in [7, 11) is 0. The summed E-state index contributed by atoms with van der Waals surface area (Å²) in [6.07, 6.45) is 5.34. The first-order valence-electron chi connectivity index (χ1n) is 4.76. The van der Waals surface area contributed by atoms with Crippen LogP contribution in [-0.2, 0) is 0 Å². The average Bonchev–Trinajstić information content (AvgIpc) is 2.03. The highest BCUT2D eigenvalue weighted by molar-refractivity contribution is 5.85. The van der Waals surface area contributed by atoms with E-state index >= 15 is 0 Å². The van der Waals surface area contributed by atoms with Crippen LogP contribution < -0.4 is 5.73 Å². The zero-order chi connectivity index (χ0) is 9.03. The Kier molecular flexibility index (Phi) is 5.61. The predicted molar refractivity (Wildman–Crippen MR) is 60.3 cm³/mol. The Hall–Kier alpha value is -0.0500. The molecule has 13 heavy (non-hydrogen) atoms. The van der Waals surface area contributed by atoms with Crippen molar-refractivity contribution in [3.63, 3.8) is 0 Å². The van der Waals surface area contributed by atoms with Crippen LogP contribution in [0.1, 0.15) is 26.2 Å². The molecule has 1 aliphatic rings. The molecule has 0 spiro atoms. The minimum atomic E-state index is 0. The average molecular weight is 205 g/mol. The van der Waals surface area contributed by atoms with Gasteiger partial charge in [-0.2, -0.15) is 0 Å². The minimum absolute atomic E-state index is 0. The van der Waals surface area contributed by atoms with Crippen LogP contribution in [0.4, 0.5) is 0 Å². The minimum Gasteiger partial charge on any atom is -0.325 e. The first-order chi connectivity index (χ1) is 5.64. The number of nitrogens with zero attached hydrogens (tertiary/aromatic N) is 1. The molecule has 78 valence electrons. The van der Waals surface area contributed by atoms with Crippen LogP contribution in [0.5, 0.6) is 0 Å². The summed E-state index contributed by atoms with van der Waals surface area (Å²) in [4.78, 5) is 2.47. The lowest BCUT2D eigenvalue weighted by molar-refractivity contribution is 0.174. The van der Waals surface area contributed by atoms with Gasteiger partial charge in [-0.1, -0.05) is 6.08 Å². The van der Waals surface area contributed by atoms with Crippen LogP contribution >= 0.6 is 12.4 Å². The molecule has 0 saturated carbocycles. The van der Waals surface area contributed by atoms with Crippen molar-refractivity contribution in [2.45, 2.75) is 31.7 Å². The van der Waals surface area contributed by atoms with Gasteiger partial charge in [0.15, 0.2) is 0 Å². The standard InChI is InChI=1S/C10H20N2.ClH/c1-3-4-7-12-8-5-10(2,11)6-9-12;/h3H,1,4-9,11H2,2H3;1H. The smallest absolute Gasteiger partial charge is 0.0150 e. The van der Waals surface area contributed by atoms with E-state index in [1.807, 2.05) is 6.08 Å². The molecule has 2 N–H and O–H groups in total. The molecule has 1 aliphatic heterocycles. The Morgan fingerprint density at radius 3 is 2.46 bits per heavy atom. The van der Waals surface area contributed by atoms with E-state index in [2.05, 4.69) is 18.4 Å². The van der Waals surface area contributed by atoms with Crippen LogP contribution in [0, 0.1) is 0 Å². The van der Waals surface area contributed by atoms with Crippen LogP contribution in [0.15, 0.2) is 12.7 Å². The van der Waals surface area contributed by atoms with Crippen LogP contribution in [0.3, 0.4) is 0 Å². The fourth-order valence-corrected chi connectivity index (χ4v) is 1.56. The molecular formula is C10H21ClN2. The van der Waals surface area contributed by atoms with Crippen LogP contribution in [0.2, 0.25) is 0 Å². The number of rotatable bonds is 3. The largest absolute Gasteiger partial charge is 0.325 e. The molecule has 0 unspecified atom stereocenters. The summed E-state index contributed by atoms with van der Waals surface area (Å²) in [5, 5.41) is 0. The van der Waals surface area contributed by atoms with Crippen molar-refractivity contribution < 1.29 is 0 Å². The van der Waals surface area contributed by atoms with E-state index < -0.39 is 0 Å². The van der Waals surface area contributed by atoms with Gasteiger partial charge >= 0.3 is 0 Å². The molecule has 1 fully saturated rings. The second-order valence-corrected chi connectivity index (χ2v) is 4.07. The predicted octanol–water partition coefficient (Wildman–Crippen LogP) is 1.80. The van der Waals surface area contributed by atoms with Crippen molar-refractivity contribution in [3.8, 4) is 0 Å². The third-order valence-corrected chi connectivity index (χ3v) is 2.65. The van der Waals surface area contributed by atoms with E-state index in [1.54, 1.807) is 0 Å². The molecule has 1 rings (SSSR count). The molecule has 0 aromatic carbocycles. The lowest BCUT2D eigenvalue weighted by Gasteiger charge is -2.36. The van der Waals surface area contributed by atoms with E-state index in [0.29, 0.717) is 0 Å². The van der Waals surface area contributed by atoms with Gasteiger partial charge < -0.3 is 10.6 Å². The number of halogens is 1. The molecule has 1 saturated heterocycles. The topological polar surface area (TPSA) is 29.3 Å². The maximum absolute atomic E-state index is 6.02. The first kappa shape index (κ1) is 12.9. The molecule has 0 aromatic rings. The van der Waals surface area contributed by atoms with Gasteiger partial charge in [-0.15, -0.1) is 19.0 Å². The normalized spacial score (nSPS) is 22.0. The highest BCUT2D eigenvalue weighted by atomic mass is 35.5. The fourth-order valence-electron chi connectivity index (χ4n) is 1.56. The summed E-state index contributed by atoms with van der Waals surface area (Å²) in [6, 6.07) is 0. The summed E-state index contributed by atoms with van der Waals surface area (Å²) < 4.78 is 0. The summed E-state index contributed by atoms with van der Waals surface area (Å²) in [6.45, 7) is 9.33. The van der Waals surface area contributed by atoms with Gasteiger partial charge in [0, 0.05) is 12.1 Å². The van der Waals surface area contributed by atoms with Crippen molar-refractivity contribution in [1.29, 1.82) is 0 Å². The van der Waals surface area contributed by atoms with Crippen molar-refractivity contribution in [2.75, 3.05) is 19.6 Å². The quantitative estimate of drug-likeness (QED) is 0.711. The van der Waals surface area contributed by atoms with E-state index in [1.165, 1.54) is 0 Å². The number of piperidine rings is 1. The third-order valence-electron chi connectivity index (χ3n) is 2.65. The Bertz CT molecular complexity index is 147. The SMILES string of the molecule is C=CCCN1CCC(C)(N)CC1.Cl. The zero-order valence-corrected chi connectivity index (χ0v) is 9.28. The Labute approximate surface area is 87.6 Å². The number of likely N-dealkylation sites (tertiary alicyclic amines) is 1. The highest BCUT2D eigenvalue weighted by Crippen LogP contribution is 2.18. The van der Waals surface area contributed by atoms with Gasteiger partial charge in [0.2, 0.25) is 0 Å². The molecule has 0 radical (unpaired) electrons. The monoisotopic (exact) mass is 204 g/mol. The van der Waals surface area contributed by atoms with Gasteiger partial charge in [-0.05, 0) is 39.3 Å². The van der Waals surface area contributed by atoms with Gasteiger partial charge in [-0.3, -0.25) is 0 Å². The maximum atomic E-state index is 6.02. The van der Waals surface area contributed by atoms with Crippen LogP contribution in [0.25, 0.3) is 0 Å². The van der Waals surface area contributed by atoms with Crippen molar-refractivity contribution in [1.82, 2.24) is 4.90 Å². The van der Waals surface area contributed by atoms with E-state index in [9.17, 15) is 0 Å². The number of hydrogen-bond donors (Lipinski definition) is 1. The molecule has 3 heteroatoms. The fraction of sp³-hybridized carbons (Fsp3) is 0.800. The summed E-state index contributed by atoms with van der Waals surface area (Å²) >= 11 is 0. The van der Waals surface area contributed by atoms with E-state index in [4.69, 9.17) is 5.73 Å². The van der Waals surface area contributed by atoms with Gasteiger partial charge in [0.25, 0.3) is 0 Å². The molecule has 2 nitrogen and oxygen atoms in total. The van der Waals surface area contributed by atoms with Gasteiger partial charge in [-0.25, -0.2) is 0 Å². The number of nitrogens with two attached hydrogens (primary N) is 1. The Balaban J connectivity index is 0.00000144.